The van der Waals surface area contributed by atoms with Crippen molar-refractivity contribution in [2.75, 3.05) is 26.4 Å². The van der Waals surface area contributed by atoms with Crippen molar-refractivity contribution in [2.24, 2.45) is 0 Å². The molecule has 0 radical (unpaired) electrons. The van der Waals surface area contributed by atoms with E-state index in [-0.39, 0.29) is 12.2 Å². The maximum Gasteiger partial charge on any atom is 0.218 e. The first kappa shape index (κ1) is 19.7. The Balaban J connectivity index is 0.000000156. The summed E-state index contributed by atoms with van der Waals surface area (Å²) in [4.78, 5) is 4.17. The molecular formula is C20H26N2O5. The number of ether oxygens (including phenoxy) is 4. The fourth-order valence-corrected chi connectivity index (χ4v) is 2.75. The predicted molar refractivity (Wildman–Crippen MR) is 97.7 cm³/mol. The Morgan fingerprint density at radius 2 is 1.67 bits per heavy atom. The van der Waals surface area contributed by atoms with E-state index in [1.54, 1.807) is 18.3 Å². The van der Waals surface area contributed by atoms with Gasteiger partial charge in [0.1, 0.15) is 6.61 Å². The zero-order valence-electron chi connectivity index (χ0n) is 15.4. The van der Waals surface area contributed by atoms with Gasteiger partial charge in [0.2, 0.25) is 5.69 Å². The van der Waals surface area contributed by atoms with Crippen molar-refractivity contribution in [3.05, 3.63) is 65.4 Å². The number of pyridine rings is 2. The Hall–Kier alpha value is -2.06. The van der Waals surface area contributed by atoms with Crippen LogP contribution in [0.25, 0.3) is 0 Å². The average Bonchev–Trinajstić information content (AvgIpc) is 3.41. The van der Waals surface area contributed by atoms with Crippen LogP contribution >= 0.6 is 0 Å². The fraction of sp³-hybridized carbons (Fsp3) is 0.500. The molecule has 2 aromatic heterocycles. The lowest BCUT2D eigenvalue weighted by atomic mass is 10.3. The van der Waals surface area contributed by atoms with Gasteiger partial charge < -0.3 is 24.2 Å². The molecule has 0 spiro atoms. The van der Waals surface area contributed by atoms with Crippen molar-refractivity contribution in [1.29, 1.82) is 0 Å². The van der Waals surface area contributed by atoms with Gasteiger partial charge in [-0.1, -0.05) is 6.07 Å². The van der Waals surface area contributed by atoms with E-state index in [1.165, 1.54) is 6.20 Å². The third-order valence-electron chi connectivity index (χ3n) is 4.34. The van der Waals surface area contributed by atoms with Crippen LogP contribution in [-0.2, 0) is 32.2 Å². The van der Waals surface area contributed by atoms with Crippen LogP contribution in [0.5, 0.6) is 0 Å². The summed E-state index contributed by atoms with van der Waals surface area (Å²) in [6.45, 7) is 3.91. The van der Waals surface area contributed by atoms with E-state index in [1.807, 2.05) is 24.3 Å². The molecule has 2 aliphatic heterocycles. The molecule has 2 atom stereocenters. The second-order valence-electron chi connectivity index (χ2n) is 6.43. The molecule has 2 fully saturated rings. The lowest BCUT2D eigenvalue weighted by Crippen LogP contribution is -2.32. The first-order chi connectivity index (χ1) is 13.3. The Morgan fingerprint density at radius 3 is 2.26 bits per heavy atom. The molecule has 27 heavy (non-hydrogen) atoms. The Morgan fingerprint density at radius 1 is 0.963 bits per heavy atom. The summed E-state index contributed by atoms with van der Waals surface area (Å²) in [6, 6.07) is 11.1. The van der Waals surface area contributed by atoms with Crippen molar-refractivity contribution in [3.8, 4) is 0 Å². The summed E-state index contributed by atoms with van der Waals surface area (Å²) in [6.07, 6.45) is 5.60. The summed E-state index contributed by atoms with van der Waals surface area (Å²) in [5.74, 6) is 0. The standard InChI is InChI=1S/C10H13NO3.C10H13NO2/c12-11-5-2-1-3-9(11)7-14-10-4-6-13-8-10;1-2-5-11-9(3-1)7-13-10-4-6-12-8-10/h1-3,5,10H,4,6-8H2;1-3,5,10H,4,6-8H2/t2*10-/m00/s1. The predicted octanol–water partition coefficient (Wildman–Crippen LogP) is 2.01. The molecule has 2 saturated heterocycles. The molecule has 0 amide bonds. The van der Waals surface area contributed by atoms with Gasteiger partial charge in [-0.3, -0.25) is 4.98 Å². The molecule has 0 unspecified atom stereocenters. The second kappa shape index (κ2) is 10.9. The van der Waals surface area contributed by atoms with E-state index >= 15 is 0 Å². The monoisotopic (exact) mass is 374 g/mol. The highest BCUT2D eigenvalue weighted by molar-refractivity contribution is 5.02. The molecule has 0 aromatic carbocycles. The van der Waals surface area contributed by atoms with E-state index in [0.29, 0.717) is 25.5 Å². The van der Waals surface area contributed by atoms with Crippen LogP contribution in [0.3, 0.4) is 0 Å². The molecule has 0 bridgehead atoms. The number of nitrogens with zero attached hydrogens (tertiary/aromatic N) is 2. The normalized spacial score (nSPS) is 21.6. The summed E-state index contributed by atoms with van der Waals surface area (Å²) in [7, 11) is 0. The maximum atomic E-state index is 11.2. The van der Waals surface area contributed by atoms with Crippen LogP contribution in [0.2, 0.25) is 0 Å². The van der Waals surface area contributed by atoms with Gasteiger partial charge in [-0.2, -0.15) is 4.73 Å². The zero-order chi connectivity index (χ0) is 18.7. The summed E-state index contributed by atoms with van der Waals surface area (Å²) < 4.78 is 22.3. The van der Waals surface area contributed by atoms with E-state index in [0.717, 1.165) is 43.1 Å². The average molecular weight is 374 g/mol. The van der Waals surface area contributed by atoms with Crippen LogP contribution in [0.4, 0.5) is 0 Å². The Kier molecular flexibility index (Phi) is 7.98. The molecule has 2 aliphatic rings. The molecule has 4 rings (SSSR count). The van der Waals surface area contributed by atoms with Gasteiger partial charge in [0, 0.05) is 31.5 Å². The summed E-state index contributed by atoms with van der Waals surface area (Å²) in [5, 5.41) is 11.2. The molecule has 2 aromatic rings. The lowest BCUT2D eigenvalue weighted by Gasteiger charge is -2.09. The highest BCUT2D eigenvalue weighted by atomic mass is 16.6. The first-order valence-corrected chi connectivity index (χ1v) is 9.27. The van der Waals surface area contributed by atoms with Crippen LogP contribution in [-0.4, -0.2) is 43.6 Å². The quantitative estimate of drug-likeness (QED) is 0.569. The summed E-state index contributed by atoms with van der Waals surface area (Å²) in [5.41, 5.74) is 1.62. The van der Waals surface area contributed by atoms with Gasteiger partial charge in [0.05, 0.1) is 37.7 Å². The van der Waals surface area contributed by atoms with Gasteiger partial charge >= 0.3 is 0 Å². The van der Waals surface area contributed by atoms with Crippen molar-refractivity contribution in [1.82, 2.24) is 4.98 Å². The van der Waals surface area contributed by atoms with Crippen LogP contribution in [0.15, 0.2) is 48.8 Å². The number of rotatable bonds is 6. The van der Waals surface area contributed by atoms with Gasteiger partial charge in [-0.05, 0) is 31.0 Å². The molecule has 7 nitrogen and oxygen atoms in total. The minimum absolute atomic E-state index is 0.148. The molecule has 7 heteroatoms. The van der Waals surface area contributed by atoms with Crippen molar-refractivity contribution in [2.45, 2.75) is 38.3 Å². The molecule has 0 saturated carbocycles. The van der Waals surface area contributed by atoms with Gasteiger partial charge in [-0.15, -0.1) is 0 Å². The van der Waals surface area contributed by atoms with E-state index in [9.17, 15) is 5.21 Å². The first-order valence-electron chi connectivity index (χ1n) is 9.27. The lowest BCUT2D eigenvalue weighted by molar-refractivity contribution is -0.616. The van der Waals surface area contributed by atoms with Crippen molar-refractivity contribution in [3.63, 3.8) is 0 Å². The van der Waals surface area contributed by atoms with Crippen LogP contribution in [0.1, 0.15) is 24.2 Å². The largest absolute Gasteiger partial charge is 0.618 e. The van der Waals surface area contributed by atoms with E-state index in [4.69, 9.17) is 18.9 Å². The molecule has 0 aliphatic carbocycles. The van der Waals surface area contributed by atoms with Crippen LogP contribution < -0.4 is 4.73 Å². The smallest absolute Gasteiger partial charge is 0.218 e. The topological polar surface area (TPSA) is 76.8 Å². The zero-order valence-corrected chi connectivity index (χ0v) is 15.4. The highest BCUT2D eigenvalue weighted by Crippen LogP contribution is 2.10. The van der Waals surface area contributed by atoms with Gasteiger partial charge in [-0.25, -0.2) is 0 Å². The Bertz CT molecular complexity index is 658. The molecule has 4 heterocycles. The number of hydrogen-bond donors (Lipinski definition) is 0. The minimum Gasteiger partial charge on any atom is -0.618 e. The van der Waals surface area contributed by atoms with Crippen molar-refractivity contribution >= 4 is 0 Å². The van der Waals surface area contributed by atoms with Gasteiger partial charge in [0.15, 0.2) is 6.20 Å². The third kappa shape index (κ3) is 6.88. The minimum atomic E-state index is 0.148. The molecule has 0 N–H and O–H groups in total. The second-order valence-corrected chi connectivity index (χ2v) is 6.43. The number of aromatic nitrogens is 2. The molecule has 146 valence electrons. The number of hydrogen-bond acceptors (Lipinski definition) is 6. The van der Waals surface area contributed by atoms with Crippen LogP contribution in [0, 0.1) is 5.21 Å². The van der Waals surface area contributed by atoms with E-state index < -0.39 is 0 Å². The third-order valence-corrected chi connectivity index (χ3v) is 4.34. The summed E-state index contributed by atoms with van der Waals surface area (Å²) >= 11 is 0. The highest BCUT2D eigenvalue weighted by Gasteiger charge is 2.17. The van der Waals surface area contributed by atoms with E-state index in [2.05, 4.69) is 4.98 Å². The molecular weight excluding hydrogens is 348 g/mol. The Labute approximate surface area is 159 Å². The van der Waals surface area contributed by atoms with Crippen molar-refractivity contribution < 1.29 is 23.7 Å². The fourth-order valence-electron chi connectivity index (χ4n) is 2.75. The maximum absolute atomic E-state index is 11.2. The SMILES string of the molecule is [O-][n+]1ccccc1CO[C@H]1CCOC1.c1ccc(CO[C@H]2CCOC2)nc1. The van der Waals surface area contributed by atoms with Gasteiger partial charge in [0.25, 0.3) is 0 Å².